The van der Waals surface area contributed by atoms with Crippen molar-refractivity contribution in [2.75, 3.05) is 0 Å². The summed E-state index contributed by atoms with van der Waals surface area (Å²) in [5.41, 5.74) is 17.7. The highest BCUT2D eigenvalue weighted by molar-refractivity contribution is 6.22. The van der Waals surface area contributed by atoms with E-state index in [4.69, 9.17) is 0 Å². The first-order valence-corrected chi connectivity index (χ1v) is 24.2. The maximum Gasteiger partial charge on any atom is 0.0159 e. The van der Waals surface area contributed by atoms with Crippen LogP contribution in [-0.2, 0) is 5.41 Å². The van der Waals surface area contributed by atoms with Crippen LogP contribution in [0.5, 0.6) is 0 Å². The Balaban J connectivity index is 0.968. The second-order valence-electron chi connectivity index (χ2n) is 19.5. The topological polar surface area (TPSA) is 0 Å². The first kappa shape index (κ1) is 39.6. The highest BCUT2D eigenvalue weighted by atomic mass is 14.4. The Bertz CT molecular complexity index is 4240. The van der Waals surface area contributed by atoms with Crippen LogP contribution in [0.2, 0.25) is 0 Å². The molecule has 0 heteroatoms. The highest BCUT2D eigenvalue weighted by Crippen LogP contribution is 2.51. The number of hydrogen-bond acceptors (Lipinski definition) is 0. The maximum absolute atomic E-state index is 2.47. The maximum atomic E-state index is 2.47. The van der Waals surface area contributed by atoms with E-state index in [0.29, 0.717) is 0 Å². The Hall–Kier alpha value is -8.58. The predicted octanol–water partition coefficient (Wildman–Crippen LogP) is 19.2. The molecular formula is C69H46. The van der Waals surface area contributed by atoms with Crippen molar-refractivity contribution in [1.82, 2.24) is 0 Å². The molecule has 0 nitrogen and oxygen atoms in total. The lowest BCUT2D eigenvalue weighted by Crippen LogP contribution is -2.14. The molecule has 13 aromatic carbocycles. The predicted molar refractivity (Wildman–Crippen MR) is 296 cm³/mol. The lowest BCUT2D eigenvalue weighted by atomic mass is 9.81. The van der Waals surface area contributed by atoms with E-state index >= 15 is 0 Å². The molecule has 0 saturated heterocycles. The Morgan fingerprint density at radius 1 is 0.217 bits per heavy atom. The summed E-state index contributed by atoms with van der Waals surface area (Å²) < 4.78 is 0. The van der Waals surface area contributed by atoms with Gasteiger partial charge >= 0.3 is 0 Å². The van der Waals surface area contributed by atoms with Gasteiger partial charge in [0.05, 0.1) is 0 Å². The summed E-state index contributed by atoms with van der Waals surface area (Å²) in [5.74, 6) is 0. The number of fused-ring (bicyclic) bond motifs is 11. The van der Waals surface area contributed by atoms with Gasteiger partial charge in [-0.1, -0.05) is 232 Å². The minimum absolute atomic E-state index is 0.0866. The molecule has 1 aliphatic rings. The molecule has 0 N–H and O–H groups in total. The fourth-order valence-corrected chi connectivity index (χ4v) is 12.1. The van der Waals surface area contributed by atoms with Crippen LogP contribution in [0.25, 0.3) is 131 Å². The van der Waals surface area contributed by atoms with Crippen LogP contribution < -0.4 is 0 Å². The van der Waals surface area contributed by atoms with Gasteiger partial charge in [0.15, 0.2) is 0 Å². The van der Waals surface area contributed by atoms with Crippen molar-refractivity contribution in [3.05, 3.63) is 254 Å². The quantitative estimate of drug-likeness (QED) is 0.119. The summed E-state index contributed by atoms with van der Waals surface area (Å²) in [5, 5.41) is 15.2. The first-order valence-electron chi connectivity index (χ1n) is 24.2. The molecule has 69 heavy (non-hydrogen) atoms. The largest absolute Gasteiger partial charge is 0.0619 e. The van der Waals surface area contributed by atoms with E-state index in [1.54, 1.807) is 0 Å². The highest BCUT2D eigenvalue weighted by Gasteiger charge is 2.35. The van der Waals surface area contributed by atoms with Crippen LogP contribution >= 0.6 is 0 Å². The van der Waals surface area contributed by atoms with Crippen molar-refractivity contribution in [2.45, 2.75) is 19.3 Å². The van der Waals surface area contributed by atoms with Gasteiger partial charge in [-0.2, -0.15) is 0 Å². The standard InChI is InChI=1S/C69H46/c1-69(2)65-26-14-13-23-57(65)58-37-35-48(42-66(58)69)47-36-38-61-64(39-47)68(46-33-29-44(30-34-46)63-41-50-16-4-6-18-52(50)54-20-8-10-22-56(54)63)60-25-12-11-24-59(60)67(61)45-31-27-43(28-32-45)62-40-49-15-3-5-17-51(49)53-19-7-9-21-55(53)62/h3-42H,1-2H3. The van der Waals surface area contributed by atoms with Crippen LogP contribution in [0, 0.1) is 0 Å². The molecule has 0 atom stereocenters. The molecule has 0 heterocycles. The lowest BCUT2D eigenvalue weighted by Gasteiger charge is -2.22. The summed E-state index contributed by atoms with van der Waals surface area (Å²) in [4.78, 5) is 0. The van der Waals surface area contributed by atoms with Crippen LogP contribution in [-0.4, -0.2) is 0 Å². The molecule has 0 saturated carbocycles. The van der Waals surface area contributed by atoms with Gasteiger partial charge in [0.1, 0.15) is 0 Å². The monoisotopic (exact) mass is 874 g/mol. The molecule has 0 fully saturated rings. The number of rotatable bonds is 5. The molecule has 13 aromatic rings. The molecule has 0 spiro atoms. The minimum atomic E-state index is -0.0866. The molecule has 0 radical (unpaired) electrons. The van der Waals surface area contributed by atoms with E-state index in [1.165, 1.54) is 143 Å². The Kier molecular flexibility index (Phi) is 8.73. The smallest absolute Gasteiger partial charge is 0.0159 e. The van der Waals surface area contributed by atoms with E-state index in [-0.39, 0.29) is 5.41 Å². The van der Waals surface area contributed by atoms with Gasteiger partial charge < -0.3 is 0 Å². The third kappa shape index (κ3) is 6.09. The third-order valence-corrected chi connectivity index (χ3v) is 15.4. The average molecular weight is 875 g/mol. The second-order valence-corrected chi connectivity index (χ2v) is 19.5. The van der Waals surface area contributed by atoms with Crippen LogP contribution in [0.4, 0.5) is 0 Å². The molecule has 14 rings (SSSR count). The SMILES string of the molecule is CC1(C)c2ccccc2-c2ccc(-c3ccc4c(-c5ccc(-c6cc7ccccc7c7ccccc67)cc5)c5ccccc5c(-c5ccc(-c6cc7ccccc7c7ccccc67)cc5)c4c3)cc21. The van der Waals surface area contributed by atoms with Crippen molar-refractivity contribution < 1.29 is 0 Å². The zero-order valence-electron chi connectivity index (χ0n) is 38.6. The number of benzene rings is 13. The second kappa shape index (κ2) is 15.2. The first-order chi connectivity index (χ1) is 34.0. The van der Waals surface area contributed by atoms with E-state index in [1.807, 2.05) is 0 Å². The summed E-state index contributed by atoms with van der Waals surface area (Å²) in [6.45, 7) is 4.74. The zero-order valence-corrected chi connectivity index (χ0v) is 38.6. The molecule has 0 aromatic heterocycles. The van der Waals surface area contributed by atoms with Crippen molar-refractivity contribution in [3.63, 3.8) is 0 Å². The van der Waals surface area contributed by atoms with Crippen LogP contribution in [0.15, 0.2) is 243 Å². The Labute approximate surface area is 402 Å². The van der Waals surface area contributed by atoms with E-state index in [9.17, 15) is 0 Å². The lowest BCUT2D eigenvalue weighted by molar-refractivity contribution is 0.660. The van der Waals surface area contributed by atoms with Crippen molar-refractivity contribution in [1.29, 1.82) is 0 Å². The zero-order chi connectivity index (χ0) is 45.8. The van der Waals surface area contributed by atoms with Gasteiger partial charge in [-0.25, -0.2) is 0 Å². The third-order valence-electron chi connectivity index (χ3n) is 15.4. The van der Waals surface area contributed by atoms with E-state index in [0.717, 1.165) is 0 Å². The van der Waals surface area contributed by atoms with Gasteiger partial charge in [0.2, 0.25) is 0 Å². The fourth-order valence-electron chi connectivity index (χ4n) is 12.1. The average Bonchev–Trinajstić information content (AvgIpc) is 3.64. The molecule has 0 unspecified atom stereocenters. The van der Waals surface area contributed by atoms with Gasteiger partial charge in [-0.3, -0.25) is 0 Å². The summed E-state index contributed by atoms with van der Waals surface area (Å²) in [6, 6.07) is 90.9. The van der Waals surface area contributed by atoms with Gasteiger partial charge in [0.25, 0.3) is 0 Å². The summed E-state index contributed by atoms with van der Waals surface area (Å²) in [7, 11) is 0. The van der Waals surface area contributed by atoms with E-state index < -0.39 is 0 Å². The van der Waals surface area contributed by atoms with Gasteiger partial charge in [-0.15, -0.1) is 0 Å². The summed E-state index contributed by atoms with van der Waals surface area (Å²) in [6.07, 6.45) is 0. The van der Waals surface area contributed by atoms with E-state index in [2.05, 4.69) is 257 Å². The van der Waals surface area contributed by atoms with Crippen molar-refractivity contribution in [2.24, 2.45) is 0 Å². The van der Waals surface area contributed by atoms with Crippen molar-refractivity contribution >= 4 is 64.6 Å². The van der Waals surface area contributed by atoms with Crippen LogP contribution in [0.3, 0.4) is 0 Å². The Morgan fingerprint density at radius 2 is 0.594 bits per heavy atom. The Morgan fingerprint density at radius 3 is 1.16 bits per heavy atom. The normalized spacial score (nSPS) is 12.9. The molecule has 0 bridgehead atoms. The molecule has 322 valence electrons. The van der Waals surface area contributed by atoms with Crippen molar-refractivity contribution in [3.8, 4) is 66.8 Å². The minimum Gasteiger partial charge on any atom is -0.0619 e. The van der Waals surface area contributed by atoms with Gasteiger partial charge in [0, 0.05) is 5.41 Å². The molecule has 0 amide bonds. The van der Waals surface area contributed by atoms with Gasteiger partial charge in [-0.05, 0) is 167 Å². The summed E-state index contributed by atoms with van der Waals surface area (Å²) >= 11 is 0. The molecular weight excluding hydrogens is 829 g/mol. The fraction of sp³-hybridized carbons (Fsp3) is 0.0435. The molecule has 0 aliphatic heterocycles. The number of hydrogen-bond donors (Lipinski definition) is 0. The molecule has 1 aliphatic carbocycles. The van der Waals surface area contributed by atoms with Crippen LogP contribution in [0.1, 0.15) is 25.0 Å².